The number of pyridine rings is 2. The summed E-state index contributed by atoms with van der Waals surface area (Å²) in [6, 6.07) is 16.3. The monoisotopic (exact) mass is 732 g/mol. The molecule has 0 radical (unpaired) electrons. The maximum Gasteiger partial charge on any atom is 0.276 e. The summed E-state index contributed by atoms with van der Waals surface area (Å²) in [6.07, 6.45) is 15.1. The fourth-order valence-corrected chi connectivity index (χ4v) is 8.38. The number of nitrogens with zero attached hydrogens (tertiary/aromatic N) is 6. The van der Waals surface area contributed by atoms with Gasteiger partial charge in [-0.25, -0.2) is 19.9 Å². The van der Waals surface area contributed by atoms with E-state index in [9.17, 15) is 19.2 Å². The van der Waals surface area contributed by atoms with E-state index in [-0.39, 0.29) is 33.6 Å². The molecular weight excluding hydrogens is 696 g/mol. The Hall–Kier alpha value is -5.89. The van der Waals surface area contributed by atoms with Crippen molar-refractivity contribution in [1.29, 1.82) is 0 Å². The number of hydrogen-bond donors (Lipinski definition) is 4. The van der Waals surface area contributed by atoms with Crippen LogP contribution in [-0.2, 0) is 11.3 Å². The molecule has 2 spiro atoms. The van der Waals surface area contributed by atoms with E-state index in [4.69, 9.17) is 11.6 Å². The third kappa shape index (κ3) is 6.22. The van der Waals surface area contributed by atoms with Gasteiger partial charge in [-0.15, -0.1) is 0 Å². The normalized spacial score (nSPS) is 17.6. The molecule has 53 heavy (non-hydrogen) atoms. The molecular formula is C38H37ClN10O4. The summed E-state index contributed by atoms with van der Waals surface area (Å²) in [5, 5.41) is 12.5. The molecule has 6 heterocycles. The molecule has 2 aliphatic carbocycles. The Labute approximate surface area is 309 Å². The van der Waals surface area contributed by atoms with Gasteiger partial charge >= 0.3 is 0 Å². The molecule has 2 aliphatic heterocycles. The lowest BCUT2D eigenvalue weighted by Crippen LogP contribution is -2.48. The molecule has 2 amide bonds. The summed E-state index contributed by atoms with van der Waals surface area (Å²) in [4.78, 5) is 68.0. The number of nitrogens with one attached hydrogen (secondary N) is 4. The Morgan fingerprint density at radius 1 is 0.623 bits per heavy atom. The number of hydrogen-bond acceptors (Lipinski definition) is 10. The number of carbonyl (C=O) groups is 2. The summed E-state index contributed by atoms with van der Waals surface area (Å²) in [5.74, 6) is 0.560. The van der Waals surface area contributed by atoms with Crippen LogP contribution < -0.4 is 32.4 Å². The molecule has 9 rings (SSSR count). The van der Waals surface area contributed by atoms with E-state index in [2.05, 4.69) is 41.2 Å². The highest BCUT2D eigenvalue weighted by atomic mass is 35.5. The molecule has 0 unspecified atom stereocenters. The van der Waals surface area contributed by atoms with Crippen LogP contribution in [0, 0.1) is 0 Å². The lowest BCUT2D eigenvalue weighted by molar-refractivity contribution is 0.0867. The fraction of sp³-hybridized carbons (Fsp3) is 0.316. The average molecular weight is 733 g/mol. The lowest BCUT2D eigenvalue weighted by Gasteiger charge is -2.35. The molecule has 2 saturated carbocycles. The van der Waals surface area contributed by atoms with E-state index < -0.39 is 11.3 Å². The molecule has 15 heteroatoms. The largest absolute Gasteiger partial charge is 0.336 e. The summed E-state index contributed by atoms with van der Waals surface area (Å²) in [5.41, 5.74) is 1.23. The second-order valence-corrected chi connectivity index (χ2v) is 14.2. The highest BCUT2D eigenvalue weighted by Crippen LogP contribution is 2.41. The van der Waals surface area contributed by atoms with Crippen LogP contribution in [0.3, 0.4) is 0 Å². The summed E-state index contributed by atoms with van der Waals surface area (Å²) < 4.78 is 3.24. The van der Waals surface area contributed by atoms with E-state index in [0.29, 0.717) is 28.7 Å². The number of anilines is 4. The molecule has 4 aliphatic rings. The maximum absolute atomic E-state index is 13.5. The second-order valence-electron chi connectivity index (χ2n) is 13.8. The van der Waals surface area contributed by atoms with Crippen molar-refractivity contribution in [3.05, 3.63) is 117 Å². The van der Waals surface area contributed by atoms with Crippen molar-refractivity contribution in [3.8, 4) is 11.1 Å². The molecule has 2 fully saturated rings. The average Bonchev–Trinajstić information content (AvgIpc) is 3.63. The van der Waals surface area contributed by atoms with Crippen LogP contribution in [0.1, 0.15) is 85.2 Å². The smallest absolute Gasteiger partial charge is 0.276 e. The SMILES string of the molecule is O=C1NC2(CCCCC2)n2c1c(-c1ccccc1)cc(Nc1ccncn1)c2=O.O=C1NC2(CCCCC2)n2c1c(Cl)cc(Nc1ccncn1)c2=O. The number of rotatable bonds is 5. The molecule has 1 aromatic carbocycles. The Balaban J connectivity index is 0.000000154. The van der Waals surface area contributed by atoms with E-state index in [1.807, 2.05) is 30.3 Å². The highest BCUT2D eigenvalue weighted by molar-refractivity contribution is 6.34. The van der Waals surface area contributed by atoms with Gasteiger partial charge in [0.1, 0.15) is 58.4 Å². The van der Waals surface area contributed by atoms with Gasteiger partial charge in [0, 0.05) is 18.0 Å². The van der Waals surface area contributed by atoms with E-state index in [1.165, 1.54) is 18.7 Å². The number of fused-ring (bicyclic) bond motifs is 4. The van der Waals surface area contributed by atoms with Crippen molar-refractivity contribution < 1.29 is 9.59 Å². The van der Waals surface area contributed by atoms with Crippen molar-refractivity contribution in [3.63, 3.8) is 0 Å². The molecule has 4 N–H and O–H groups in total. The molecule has 270 valence electrons. The number of amides is 2. The molecule has 0 saturated heterocycles. The minimum absolute atomic E-state index is 0.184. The van der Waals surface area contributed by atoms with Crippen LogP contribution in [0.2, 0.25) is 5.02 Å². The molecule has 5 aromatic rings. The van der Waals surface area contributed by atoms with Crippen molar-refractivity contribution >= 4 is 46.4 Å². The summed E-state index contributed by atoms with van der Waals surface area (Å²) in [7, 11) is 0. The van der Waals surface area contributed by atoms with Crippen molar-refractivity contribution in [2.75, 3.05) is 10.6 Å². The minimum Gasteiger partial charge on any atom is -0.336 e. The van der Waals surface area contributed by atoms with Gasteiger partial charge < -0.3 is 21.3 Å². The Morgan fingerprint density at radius 2 is 1.11 bits per heavy atom. The van der Waals surface area contributed by atoms with Gasteiger partial charge in [0.25, 0.3) is 22.9 Å². The van der Waals surface area contributed by atoms with Crippen LogP contribution in [0.15, 0.2) is 89.2 Å². The molecule has 0 bridgehead atoms. The number of aromatic nitrogens is 6. The maximum atomic E-state index is 13.5. The van der Waals surface area contributed by atoms with E-state index in [0.717, 1.165) is 75.3 Å². The zero-order valence-corrected chi connectivity index (χ0v) is 29.5. The zero-order valence-electron chi connectivity index (χ0n) is 28.8. The van der Waals surface area contributed by atoms with Gasteiger partial charge in [-0.2, -0.15) is 0 Å². The third-order valence-corrected chi connectivity index (χ3v) is 10.8. The predicted octanol–water partition coefficient (Wildman–Crippen LogP) is 5.80. The first-order valence-corrected chi connectivity index (χ1v) is 18.2. The van der Waals surface area contributed by atoms with Gasteiger partial charge in [-0.05, 0) is 81.2 Å². The predicted molar refractivity (Wildman–Crippen MR) is 200 cm³/mol. The first kappa shape index (κ1) is 34.2. The van der Waals surface area contributed by atoms with Crippen LogP contribution in [0.4, 0.5) is 23.0 Å². The standard InChI is InChI=1S/C22H21N5O2.C16H16ClN5O2/c28-20-19-16(15-7-3-1-4-8-15)13-17(25-18-9-12-23-14-24-18)21(29)27(19)22(26-20)10-5-2-6-11-22;17-10-8-11(20-12-4-7-18-9-19-12)15(24)22-13(10)14(23)21-16(22)5-2-1-3-6-16/h1,3-4,7-9,12-14H,2,5-6,10-11H2,(H,26,28)(H,23,24,25);4,7-9H,1-3,5-6H2,(H,21,23)(H,18,19,20). The molecule has 4 aromatic heterocycles. The first-order valence-electron chi connectivity index (χ1n) is 17.8. The summed E-state index contributed by atoms with van der Waals surface area (Å²) >= 11 is 6.32. The number of benzene rings is 1. The third-order valence-electron chi connectivity index (χ3n) is 10.5. The first-order chi connectivity index (χ1) is 25.8. The van der Waals surface area contributed by atoms with Crippen LogP contribution in [0.5, 0.6) is 0 Å². The van der Waals surface area contributed by atoms with Crippen molar-refractivity contribution in [1.82, 2.24) is 39.7 Å². The van der Waals surface area contributed by atoms with Gasteiger partial charge in [0.15, 0.2) is 0 Å². The van der Waals surface area contributed by atoms with Crippen LogP contribution in [-0.4, -0.2) is 40.9 Å². The quantitative estimate of drug-likeness (QED) is 0.173. The Kier molecular flexibility index (Phi) is 8.98. The molecule has 14 nitrogen and oxygen atoms in total. The number of halogens is 1. The Morgan fingerprint density at radius 3 is 1.62 bits per heavy atom. The summed E-state index contributed by atoms with van der Waals surface area (Å²) in [6.45, 7) is 0. The lowest BCUT2D eigenvalue weighted by atomic mass is 9.89. The number of carbonyl (C=O) groups excluding carboxylic acids is 2. The zero-order chi connectivity index (χ0) is 36.6. The van der Waals surface area contributed by atoms with Gasteiger partial charge in [-0.3, -0.25) is 28.3 Å². The van der Waals surface area contributed by atoms with Crippen LogP contribution >= 0.6 is 11.6 Å². The van der Waals surface area contributed by atoms with Crippen LogP contribution in [0.25, 0.3) is 11.1 Å². The van der Waals surface area contributed by atoms with Gasteiger partial charge in [0.2, 0.25) is 0 Å². The van der Waals surface area contributed by atoms with Gasteiger partial charge in [0.05, 0.1) is 5.02 Å². The second kappa shape index (κ2) is 13.9. The van der Waals surface area contributed by atoms with E-state index >= 15 is 0 Å². The minimum atomic E-state index is -0.658. The Bertz CT molecular complexity index is 2300. The molecule has 0 atom stereocenters. The van der Waals surface area contributed by atoms with Crippen molar-refractivity contribution in [2.45, 2.75) is 75.5 Å². The van der Waals surface area contributed by atoms with Crippen molar-refractivity contribution in [2.24, 2.45) is 0 Å². The van der Waals surface area contributed by atoms with E-state index in [1.54, 1.807) is 39.7 Å². The van der Waals surface area contributed by atoms with Gasteiger partial charge in [-0.1, -0.05) is 54.8 Å². The highest BCUT2D eigenvalue weighted by Gasteiger charge is 2.47. The fourth-order valence-electron chi connectivity index (χ4n) is 8.10. The topological polar surface area (TPSA) is 178 Å².